The van der Waals surface area contributed by atoms with Gasteiger partial charge in [-0.15, -0.1) is 0 Å². The van der Waals surface area contributed by atoms with Crippen LogP contribution in [0.15, 0.2) is 11.6 Å². The Hall–Kier alpha value is -0.960. The van der Waals surface area contributed by atoms with Gasteiger partial charge >= 0.3 is 0 Å². The summed E-state index contributed by atoms with van der Waals surface area (Å²) in [5.74, 6) is 1.90. The number of hydrogen-bond acceptors (Lipinski definition) is 3. The fourth-order valence-electron chi connectivity index (χ4n) is 7.15. The van der Waals surface area contributed by atoms with Gasteiger partial charge in [0, 0.05) is 11.8 Å². The van der Waals surface area contributed by atoms with Crippen LogP contribution in [-0.4, -0.2) is 22.3 Å². The highest BCUT2D eigenvalue weighted by Crippen LogP contribution is 2.67. The molecule has 0 radical (unpaired) electrons. The second-order valence-corrected chi connectivity index (χ2v) is 9.38. The zero-order chi connectivity index (χ0) is 17.3. The van der Waals surface area contributed by atoms with Gasteiger partial charge in [0.05, 0.1) is 0 Å². The molecule has 3 heteroatoms. The largest absolute Gasteiger partial charge is 0.382 e. The van der Waals surface area contributed by atoms with E-state index < -0.39 is 5.60 Å². The van der Waals surface area contributed by atoms with Crippen molar-refractivity contribution in [1.29, 1.82) is 0 Å². The van der Waals surface area contributed by atoms with E-state index in [-0.39, 0.29) is 16.6 Å². The van der Waals surface area contributed by atoms with Crippen molar-refractivity contribution in [2.45, 2.75) is 77.7 Å². The molecule has 0 saturated heterocycles. The average Bonchev–Trinajstić information content (AvgIpc) is 2.81. The number of fused-ring (bicyclic) bond motifs is 5. The minimum absolute atomic E-state index is 0.0446. The summed E-state index contributed by atoms with van der Waals surface area (Å²) < 4.78 is 0. The number of carbonyl (C=O) groups excluding carboxylic acids is 2. The molecule has 1 unspecified atom stereocenters. The van der Waals surface area contributed by atoms with Crippen LogP contribution in [0.4, 0.5) is 0 Å². The molecule has 3 saturated carbocycles. The van der Waals surface area contributed by atoms with Gasteiger partial charge in [-0.3, -0.25) is 9.59 Å². The predicted octanol–water partition coefficient (Wildman–Crippen LogP) is 3.84. The lowest BCUT2D eigenvalue weighted by atomic mass is 9.46. The molecule has 0 amide bonds. The predicted molar refractivity (Wildman–Crippen MR) is 92.3 cm³/mol. The van der Waals surface area contributed by atoms with E-state index in [1.54, 1.807) is 6.92 Å². The summed E-state index contributed by atoms with van der Waals surface area (Å²) in [5.41, 5.74) is 0.155. The molecular formula is C21H30O3. The number of carbonyl (C=O) groups is 2. The number of aliphatic hydroxyl groups is 1. The van der Waals surface area contributed by atoms with E-state index in [1.807, 2.05) is 6.08 Å². The molecule has 0 aromatic carbocycles. The van der Waals surface area contributed by atoms with Crippen LogP contribution in [-0.2, 0) is 9.59 Å². The Bertz CT molecular complexity index is 635. The van der Waals surface area contributed by atoms with Crippen molar-refractivity contribution < 1.29 is 14.7 Å². The molecule has 4 rings (SSSR count). The van der Waals surface area contributed by atoms with Crippen molar-refractivity contribution in [2.75, 3.05) is 0 Å². The van der Waals surface area contributed by atoms with Crippen LogP contribution in [0.25, 0.3) is 0 Å². The Kier molecular flexibility index (Phi) is 3.46. The first-order valence-corrected chi connectivity index (χ1v) is 9.70. The number of allylic oxidation sites excluding steroid dienone is 1. The molecule has 3 nitrogen and oxygen atoms in total. The lowest BCUT2D eigenvalue weighted by Crippen LogP contribution is -2.57. The molecule has 6 atom stereocenters. The summed E-state index contributed by atoms with van der Waals surface area (Å²) in [6, 6.07) is 0. The first kappa shape index (κ1) is 16.5. The quantitative estimate of drug-likeness (QED) is 0.795. The zero-order valence-electron chi connectivity index (χ0n) is 15.2. The van der Waals surface area contributed by atoms with Gasteiger partial charge in [0.2, 0.25) is 0 Å². The third kappa shape index (κ3) is 1.88. The van der Waals surface area contributed by atoms with Crippen molar-refractivity contribution in [2.24, 2.45) is 28.6 Å². The Morgan fingerprint density at radius 3 is 2.50 bits per heavy atom. The van der Waals surface area contributed by atoms with Crippen LogP contribution in [0.3, 0.4) is 0 Å². The monoisotopic (exact) mass is 330 g/mol. The van der Waals surface area contributed by atoms with Crippen molar-refractivity contribution in [3.63, 3.8) is 0 Å². The SMILES string of the molecule is CC(=O)C1(O)CC[C@H]2[C@@H]3CCC4=CC(=O)CC[C@]4(C)[C@H]3CC[C@@]21C. The van der Waals surface area contributed by atoms with Crippen molar-refractivity contribution in [3.8, 4) is 0 Å². The Morgan fingerprint density at radius 1 is 1.08 bits per heavy atom. The molecule has 0 bridgehead atoms. The molecule has 24 heavy (non-hydrogen) atoms. The molecule has 3 fully saturated rings. The Labute approximate surface area is 144 Å². The summed E-state index contributed by atoms with van der Waals surface area (Å²) in [7, 11) is 0. The van der Waals surface area contributed by atoms with Crippen LogP contribution in [0.5, 0.6) is 0 Å². The van der Waals surface area contributed by atoms with Crippen LogP contribution in [0, 0.1) is 28.6 Å². The van der Waals surface area contributed by atoms with E-state index in [9.17, 15) is 14.7 Å². The van der Waals surface area contributed by atoms with Crippen LogP contribution < -0.4 is 0 Å². The van der Waals surface area contributed by atoms with Crippen LogP contribution >= 0.6 is 0 Å². The standard InChI is InChI=1S/C21H30O3/c1-13(22)21(24)11-8-18-16-5-4-14-12-15(23)6-9-19(14,2)17(16)7-10-20(18,21)3/h12,16-18,24H,4-11H2,1-3H3/t16-,17+,18+,19+,20+,21?/m1/s1. The van der Waals surface area contributed by atoms with Gasteiger partial charge in [0.25, 0.3) is 0 Å². The molecule has 4 aliphatic rings. The van der Waals surface area contributed by atoms with E-state index in [0.717, 1.165) is 38.5 Å². The molecule has 0 aliphatic heterocycles. The highest BCUT2D eigenvalue weighted by Gasteiger charge is 2.65. The van der Waals surface area contributed by atoms with Gasteiger partial charge < -0.3 is 5.11 Å². The van der Waals surface area contributed by atoms with Gasteiger partial charge in [-0.25, -0.2) is 0 Å². The molecular weight excluding hydrogens is 300 g/mol. The maximum atomic E-state index is 12.2. The Morgan fingerprint density at radius 2 is 1.79 bits per heavy atom. The molecule has 132 valence electrons. The summed E-state index contributed by atoms with van der Waals surface area (Å²) in [6.07, 6.45) is 9.37. The van der Waals surface area contributed by atoms with E-state index in [2.05, 4.69) is 13.8 Å². The topological polar surface area (TPSA) is 54.4 Å². The fourth-order valence-corrected chi connectivity index (χ4v) is 7.15. The third-order valence-electron chi connectivity index (χ3n) is 8.70. The molecule has 1 N–H and O–H groups in total. The molecule has 0 aromatic rings. The van der Waals surface area contributed by atoms with Gasteiger partial charge in [-0.1, -0.05) is 19.4 Å². The van der Waals surface area contributed by atoms with E-state index in [0.29, 0.717) is 36.4 Å². The zero-order valence-corrected chi connectivity index (χ0v) is 15.2. The molecule has 0 aromatic heterocycles. The molecule has 4 aliphatic carbocycles. The summed E-state index contributed by atoms with van der Waals surface area (Å²) >= 11 is 0. The maximum Gasteiger partial charge on any atom is 0.161 e. The first-order chi connectivity index (χ1) is 11.2. The van der Waals surface area contributed by atoms with Gasteiger partial charge in [0.1, 0.15) is 5.60 Å². The smallest absolute Gasteiger partial charge is 0.161 e. The summed E-state index contributed by atoms with van der Waals surface area (Å²) in [5, 5.41) is 11.1. The highest BCUT2D eigenvalue weighted by atomic mass is 16.3. The number of ketones is 2. The van der Waals surface area contributed by atoms with Crippen molar-refractivity contribution >= 4 is 11.6 Å². The van der Waals surface area contributed by atoms with Crippen LogP contribution in [0.2, 0.25) is 0 Å². The van der Waals surface area contributed by atoms with E-state index in [4.69, 9.17) is 0 Å². The normalized spacial score (nSPS) is 50.6. The number of Topliss-reactive ketones (excluding diaryl/α,β-unsaturated/α-hetero) is 1. The number of hydrogen-bond donors (Lipinski definition) is 1. The minimum atomic E-state index is -1.12. The second kappa shape index (κ2) is 5.03. The Balaban J connectivity index is 1.70. The van der Waals surface area contributed by atoms with E-state index in [1.165, 1.54) is 5.57 Å². The third-order valence-corrected chi connectivity index (χ3v) is 8.70. The number of rotatable bonds is 1. The van der Waals surface area contributed by atoms with Gasteiger partial charge in [-0.05, 0) is 81.1 Å². The fraction of sp³-hybridized carbons (Fsp3) is 0.810. The summed E-state index contributed by atoms with van der Waals surface area (Å²) in [6.45, 7) is 6.10. The van der Waals surface area contributed by atoms with Crippen molar-refractivity contribution in [1.82, 2.24) is 0 Å². The maximum absolute atomic E-state index is 12.2. The lowest BCUT2D eigenvalue weighted by Gasteiger charge is -2.58. The molecule has 0 spiro atoms. The van der Waals surface area contributed by atoms with Gasteiger partial charge in [0.15, 0.2) is 11.6 Å². The highest BCUT2D eigenvalue weighted by molar-refractivity contribution is 5.91. The second-order valence-electron chi connectivity index (χ2n) is 9.38. The first-order valence-electron chi connectivity index (χ1n) is 9.70. The van der Waals surface area contributed by atoms with Crippen LogP contribution in [0.1, 0.15) is 72.1 Å². The lowest BCUT2D eigenvalue weighted by molar-refractivity contribution is -0.160. The van der Waals surface area contributed by atoms with E-state index >= 15 is 0 Å². The average molecular weight is 330 g/mol. The summed E-state index contributed by atoms with van der Waals surface area (Å²) in [4.78, 5) is 24.1. The van der Waals surface area contributed by atoms with Crippen molar-refractivity contribution in [3.05, 3.63) is 11.6 Å². The van der Waals surface area contributed by atoms with Gasteiger partial charge in [-0.2, -0.15) is 0 Å². The molecule has 0 heterocycles. The minimum Gasteiger partial charge on any atom is -0.382 e.